The summed E-state index contributed by atoms with van der Waals surface area (Å²) in [6, 6.07) is 0.512. The monoisotopic (exact) mass is 262 g/mol. The molecule has 0 fully saturated rings. The highest BCUT2D eigenvalue weighted by atomic mass is 15.4. The molecule has 6 heteroatoms. The first-order valence-electron chi connectivity index (χ1n) is 6.75. The number of rotatable bonds is 6. The molecule has 2 aromatic rings. The molecule has 2 heterocycles. The fourth-order valence-electron chi connectivity index (χ4n) is 2.01. The van der Waals surface area contributed by atoms with Crippen LogP contribution in [0, 0.1) is 0 Å². The predicted molar refractivity (Wildman–Crippen MR) is 73.7 cm³/mol. The Kier molecular flexibility index (Phi) is 4.31. The molecule has 0 spiro atoms. The summed E-state index contributed by atoms with van der Waals surface area (Å²) >= 11 is 0. The van der Waals surface area contributed by atoms with Crippen LogP contribution in [-0.2, 0) is 13.0 Å². The Labute approximate surface area is 113 Å². The van der Waals surface area contributed by atoms with Crippen molar-refractivity contribution in [3.05, 3.63) is 30.1 Å². The SMILES string of the molecule is CCC(N)Cc1cnn(Cc2ncnn2C(C)C)c1. The average Bonchev–Trinajstić information content (AvgIpc) is 2.99. The molecule has 0 radical (unpaired) electrons. The maximum absolute atomic E-state index is 5.95. The quantitative estimate of drug-likeness (QED) is 0.853. The molecule has 6 nitrogen and oxygen atoms in total. The highest BCUT2D eigenvalue weighted by molar-refractivity contribution is 5.06. The van der Waals surface area contributed by atoms with Gasteiger partial charge in [-0.25, -0.2) is 9.67 Å². The molecule has 0 aliphatic carbocycles. The standard InChI is InChI=1S/C13H22N6/c1-4-12(14)5-11-6-16-18(7-11)8-13-15-9-17-19(13)10(2)3/h6-7,9-10,12H,4-5,8,14H2,1-3H3. The fourth-order valence-corrected chi connectivity index (χ4v) is 2.01. The van der Waals surface area contributed by atoms with Crippen LogP contribution < -0.4 is 5.73 Å². The van der Waals surface area contributed by atoms with Crippen LogP contribution in [0.5, 0.6) is 0 Å². The van der Waals surface area contributed by atoms with Crippen LogP contribution in [0.2, 0.25) is 0 Å². The van der Waals surface area contributed by atoms with E-state index in [0.717, 1.165) is 18.7 Å². The van der Waals surface area contributed by atoms with Gasteiger partial charge in [-0.3, -0.25) is 4.68 Å². The zero-order chi connectivity index (χ0) is 13.8. The van der Waals surface area contributed by atoms with Gasteiger partial charge in [0.15, 0.2) is 0 Å². The molecule has 0 saturated heterocycles. The third-order valence-corrected chi connectivity index (χ3v) is 3.15. The highest BCUT2D eigenvalue weighted by Crippen LogP contribution is 2.08. The Morgan fingerprint density at radius 1 is 1.32 bits per heavy atom. The van der Waals surface area contributed by atoms with Gasteiger partial charge in [-0.1, -0.05) is 6.92 Å². The Hall–Kier alpha value is -1.69. The zero-order valence-electron chi connectivity index (χ0n) is 11.8. The van der Waals surface area contributed by atoms with E-state index in [1.165, 1.54) is 5.56 Å². The summed E-state index contributed by atoms with van der Waals surface area (Å²) in [5.74, 6) is 0.921. The van der Waals surface area contributed by atoms with Gasteiger partial charge in [-0.2, -0.15) is 10.2 Å². The first-order chi connectivity index (χ1) is 9.10. The molecule has 1 atom stereocenters. The molecule has 19 heavy (non-hydrogen) atoms. The average molecular weight is 262 g/mol. The Balaban J connectivity index is 2.05. The number of hydrogen-bond acceptors (Lipinski definition) is 4. The minimum atomic E-state index is 0.206. The molecule has 0 aliphatic rings. The third-order valence-electron chi connectivity index (χ3n) is 3.15. The molecule has 1 unspecified atom stereocenters. The van der Waals surface area contributed by atoms with Crippen molar-refractivity contribution in [3.63, 3.8) is 0 Å². The lowest BCUT2D eigenvalue weighted by Gasteiger charge is -2.09. The fraction of sp³-hybridized carbons (Fsp3) is 0.615. The summed E-state index contributed by atoms with van der Waals surface area (Å²) in [7, 11) is 0. The van der Waals surface area contributed by atoms with Gasteiger partial charge in [0.25, 0.3) is 0 Å². The third kappa shape index (κ3) is 3.41. The van der Waals surface area contributed by atoms with Gasteiger partial charge in [0.2, 0.25) is 0 Å². The summed E-state index contributed by atoms with van der Waals surface area (Å²) in [4.78, 5) is 4.29. The van der Waals surface area contributed by atoms with Crippen molar-refractivity contribution in [2.75, 3.05) is 0 Å². The summed E-state index contributed by atoms with van der Waals surface area (Å²) in [6.07, 6.45) is 7.35. The lowest BCUT2D eigenvalue weighted by atomic mass is 10.1. The van der Waals surface area contributed by atoms with E-state index in [0.29, 0.717) is 12.6 Å². The van der Waals surface area contributed by atoms with Gasteiger partial charge >= 0.3 is 0 Å². The molecule has 0 amide bonds. The number of aromatic nitrogens is 5. The van der Waals surface area contributed by atoms with E-state index in [-0.39, 0.29) is 6.04 Å². The van der Waals surface area contributed by atoms with Gasteiger partial charge in [-0.05, 0) is 32.3 Å². The van der Waals surface area contributed by atoms with Crippen molar-refractivity contribution < 1.29 is 0 Å². The van der Waals surface area contributed by atoms with E-state index in [1.807, 2.05) is 21.8 Å². The van der Waals surface area contributed by atoms with Crippen LogP contribution in [-0.4, -0.2) is 30.6 Å². The summed E-state index contributed by atoms with van der Waals surface area (Å²) in [6.45, 7) is 6.92. The summed E-state index contributed by atoms with van der Waals surface area (Å²) in [5.41, 5.74) is 7.12. The van der Waals surface area contributed by atoms with Crippen LogP contribution in [0.25, 0.3) is 0 Å². The molecule has 0 bridgehead atoms. The zero-order valence-corrected chi connectivity index (χ0v) is 11.8. The number of hydrogen-bond donors (Lipinski definition) is 1. The number of nitrogens with zero attached hydrogens (tertiary/aromatic N) is 5. The molecule has 0 aromatic carbocycles. The second-order valence-electron chi connectivity index (χ2n) is 5.13. The van der Waals surface area contributed by atoms with E-state index in [2.05, 4.69) is 36.0 Å². The second kappa shape index (κ2) is 5.97. The molecule has 2 aromatic heterocycles. The van der Waals surface area contributed by atoms with Crippen LogP contribution >= 0.6 is 0 Å². The van der Waals surface area contributed by atoms with Crippen molar-refractivity contribution in [3.8, 4) is 0 Å². The predicted octanol–water partition coefficient (Wildman–Crippen LogP) is 1.38. The van der Waals surface area contributed by atoms with E-state index >= 15 is 0 Å². The van der Waals surface area contributed by atoms with Crippen molar-refractivity contribution in [2.45, 2.75) is 52.2 Å². The van der Waals surface area contributed by atoms with E-state index < -0.39 is 0 Å². The summed E-state index contributed by atoms with van der Waals surface area (Å²) in [5, 5.41) is 8.58. The summed E-state index contributed by atoms with van der Waals surface area (Å²) < 4.78 is 3.81. The van der Waals surface area contributed by atoms with E-state index in [4.69, 9.17) is 5.73 Å². The Morgan fingerprint density at radius 2 is 2.11 bits per heavy atom. The van der Waals surface area contributed by atoms with E-state index in [9.17, 15) is 0 Å². The first kappa shape index (κ1) is 13.7. The molecule has 104 valence electrons. The molecular weight excluding hydrogens is 240 g/mol. The van der Waals surface area contributed by atoms with Crippen LogP contribution in [0.15, 0.2) is 18.7 Å². The van der Waals surface area contributed by atoms with Crippen LogP contribution in [0.4, 0.5) is 0 Å². The van der Waals surface area contributed by atoms with Gasteiger partial charge < -0.3 is 5.73 Å². The van der Waals surface area contributed by atoms with Crippen molar-refractivity contribution in [1.82, 2.24) is 24.5 Å². The first-order valence-corrected chi connectivity index (χ1v) is 6.75. The lowest BCUT2D eigenvalue weighted by Crippen LogP contribution is -2.21. The second-order valence-corrected chi connectivity index (χ2v) is 5.13. The van der Waals surface area contributed by atoms with Crippen molar-refractivity contribution in [2.24, 2.45) is 5.73 Å². The molecule has 0 aliphatic heterocycles. The van der Waals surface area contributed by atoms with Gasteiger partial charge in [-0.15, -0.1) is 0 Å². The Morgan fingerprint density at radius 3 is 2.79 bits per heavy atom. The molecule has 2 rings (SSSR count). The normalized spacial score (nSPS) is 13.1. The van der Waals surface area contributed by atoms with E-state index in [1.54, 1.807) is 6.33 Å². The smallest absolute Gasteiger partial charge is 0.148 e. The van der Waals surface area contributed by atoms with Crippen LogP contribution in [0.1, 0.15) is 44.6 Å². The highest BCUT2D eigenvalue weighted by Gasteiger charge is 2.09. The largest absolute Gasteiger partial charge is 0.327 e. The lowest BCUT2D eigenvalue weighted by molar-refractivity contribution is 0.488. The van der Waals surface area contributed by atoms with Gasteiger partial charge in [0, 0.05) is 18.3 Å². The minimum Gasteiger partial charge on any atom is -0.327 e. The van der Waals surface area contributed by atoms with Gasteiger partial charge in [0.1, 0.15) is 18.7 Å². The Bertz CT molecular complexity index is 513. The maximum Gasteiger partial charge on any atom is 0.148 e. The molecule has 2 N–H and O–H groups in total. The van der Waals surface area contributed by atoms with Crippen molar-refractivity contribution >= 4 is 0 Å². The molecular formula is C13H22N6. The topological polar surface area (TPSA) is 74.6 Å². The van der Waals surface area contributed by atoms with Crippen LogP contribution in [0.3, 0.4) is 0 Å². The van der Waals surface area contributed by atoms with Crippen molar-refractivity contribution in [1.29, 1.82) is 0 Å². The number of nitrogens with two attached hydrogens (primary N) is 1. The van der Waals surface area contributed by atoms with Gasteiger partial charge in [0.05, 0.1) is 6.20 Å². The maximum atomic E-state index is 5.95. The molecule has 0 saturated carbocycles. The minimum absolute atomic E-state index is 0.206.